The summed E-state index contributed by atoms with van der Waals surface area (Å²) in [6.07, 6.45) is 0.268. The van der Waals surface area contributed by atoms with Gasteiger partial charge in [0.2, 0.25) is 11.8 Å². The van der Waals surface area contributed by atoms with Crippen LogP contribution >= 0.6 is 0 Å². The summed E-state index contributed by atoms with van der Waals surface area (Å²) in [4.78, 5) is 23.5. The van der Waals surface area contributed by atoms with Crippen LogP contribution in [0.15, 0.2) is 36.4 Å². The van der Waals surface area contributed by atoms with E-state index in [1.165, 1.54) is 0 Å². The van der Waals surface area contributed by atoms with Gasteiger partial charge >= 0.3 is 0 Å². The highest BCUT2D eigenvalue weighted by molar-refractivity contribution is 6.08. The molecule has 0 heterocycles. The average molecular weight is 336 g/mol. The molecule has 0 fully saturated rings. The fourth-order valence-electron chi connectivity index (χ4n) is 1.99. The SMILES string of the molecule is CCc1ccc(NC(=O)CC(=O)Nc2ccc(F)c(F)c2F)cc1. The Bertz CT molecular complexity index is 761. The van der Waals surface area contributed by atoms with Gasteiger partial charge in [0.1, 0.15) is 6.42 Å². The highest BCUT2D eigenvalue weighted by Gasteiger charge is 2.16. The second-order valence-electron chi connectivity index (χ2n) is 5.05. The number of carbonyl (C=O) groups is 2. The zero-order chi connectivity index (χ0) is 17.7. The van der Waals surface area contributed by atoms with E-state index in [1.807, 2.05) is 24.4 Å². The molecule has 7 heteroatoms. The van der Waals surface area contributed by atoms with Gasteiger partial charge in [0, 0.05) is 5.69 Å². The monoisotopic (exact) mass is 336 g/mol. The summed E-state index contributed by atoms with van der Waals surface area (Å²) in [5.74, 6) is -6.02. The number of benzene rings is 2. The van der Waals surface area contributed by atoms with Crippen molar-refractivity contribution in [1.29, 1.82) is 0 Å². The largest absolute Gasteiger partial charge is 0.326 e. The fourth-order valence-corrected chi connectivity index (χ4v) is 1.99. The number of hydrogen-bond donors (Lipinski definition) is 2. The van der Waals surface area contributed by atoms with Crippen molar-refractivity contribution in [1.82, 2.24) is 0 Å². The molecule has 126 valence electrons. The van der Waals surface area contributed by atoms with E-state index in [-0.39, 0.29) is 0 Å². The van der Waals surface area contributed by atoms with Gasteiger partial charge in [0.15, 0.2) is 17.5 Å². The van der Waals surface area contributed by atoms with Crippen LogP contribution in [0.1, 0.15) is 18.9 Å². The predicted octanol–water partition coefficient (Wildman–Crippen LogP) is 3.63. The summed E-state index contributed by atoms with van der Waals surface area (Å²) in [6.45, 7) is 2.00. The van der Waals surface area contributed by atoms with Crippen molar-refractivity contribution in [3.05, 3.63) is 59.4 Å². The van der Waals surface area contributed by atoms with Crippen molar-refractivity contribution in [3.8, 4) is 0 Å². The average Bonchev–Trinajstić information content (AvgIpc) is 2.56. The smallest absolute Gasteiger partial charge is 0.233 e. The number of carbonyl (C=O) groups excluding carboxylic acids is 2. The molecule has 2 rings (SSSR count). The third-order valence-electron chi connectivity index (χ3n) is 3.28. The number of nitrogens with one attached hydrogen (secondary N) is 2. The first-order valence-corrected chi connectivity index (χ1v) is 7.23. The molecule has 0 radical (unpaired) electrons. The van der Waals surface area contributed by atoms with E-state index in [2.05, 4.69) is 5.32 Å². The van der Waals surface area contributed by atoms with Gasteiger partial charge < -0.3 is 10.6 Å². The Labute approximate surface area is 136 Å². The number of rotatable bonds is 5. The van der Waals surface area contributed by atoms with Crippen LogP contribution in [0.25, 0.3) is 0 Å². The van der Waals surface area contributed by atoms with Crippen LogP contribution in [-0.4, -0.2) is 11.8 Å². The third kappa shape index (κ3) is 4.34. The van der Waals surface area contributed by atoms with Gasteiger partial charge in [-0.05, 0) is 36.2 Å². The highest BCUT2D eigenvalue weighted by atomic mass is 19.2. The first kappa shape index (κ1) is 17.5. The van der Waals surface area contributed by atoms with Crippen LogP contribution in [-0.2, 0) is 16.0 Å². The molecule has 2 N–H and O–H groups in total. The van der Waals surface area contributed by atoms with Crippen molar-refractivity contribution in [2.24, 2.45) is 0 Å². The maximum atomic E-state index is 13.4. The molecule has 0 unspecified atom stereocenters. The minimum absolute atomic E-state index is 0.518. The molecular formula is C17H15F3N2O2. The molecule has 0 aliphatic rings. The van der Waals surface area contributed by atoms with Gasteiger partial charge in [-0.1, -0.05) is 19.1 Å². The first-order valence-electron chi connectivity index (χ1n) is 7.23. The predicted molar refractivity (Wildman–Crippen MR) is 84.0 cm³/mol. The molecule has 0 saturated carbocycles. The van der Waals surface area contributed by atoms with Crippen LogP contribution < -0.4 is 10.6 Å². The number of halogens is 3. The maximum Gasteiger partial charge on any atom is 0.233 e. The molecule has 24 heavy (non-hydrogen) atoms. The summed E-state index contributed by atoms with van der Waals surface area (Å²) < 4.78 is 39.3. The molecule has 0 aromatic heterocycles. The normalized spacial score (nSPS) is 10.3. The Kier molecular flexibility index (Phi) is 5.57. The van der Waals surface area contributed by atoms with E-state index in [0.29, 0.717) is 11.8 Å². The molecule has 0 aliphatic carbocycles. The van der Waals surface area contributed by atoms with Gasteiger partial charge in [-0.15, -0.1) is 0 Å². The summed E-state index contributed by atoms with van der Waals surface area (Å²) in [6, 6.07) is 8.64. The highest BCUT2D eigenvalue weighted by Crippen LogP contribution is 2.19. The van der Waals surface area contributed by atoms with Crippen molar-refractivity contribution >= 4 is 23.2 Å². The Morgan fingerprint density at radius 2 is 1.50 bits per heavy atom. The molecule has 2 aromatic carbocycles. The number of amides is 2. The maximum absolute atomic E-state index is 13.4. The minimum atomic E-state index is -1.69. The molecule has 0 bridgehead atoms. The van der Waals surface area contributed by atoms with Crippen LogP contribution in [0, 0.1) is 17.5 Å². The Morgan fingerprint density at radius 3 is 2.12 bits per heavy atom. The van der Waals surface area contributed by atoms with Crippen molar-refractivity contribution in [3.63, 3.8) is 0 Å². The summed E-state index contributed by atoms with van der Waals surface area (Å²) in [7, 11) is 0. The van der Waals surface area contributed by atoms with Gasteiger partial charge in [-0.2, -0.15) is 0 Å². The van der Waals surface area contributed by atoms with E-state index in [0.717, 1.165) is 18.1 Å². The summed E-state index contributed by atoms with van der Waals surface area (Å²) in [5, 5.41) is 4.55. The lowest BCUT2D eigenvalue weighted by molar-refractivity contribution is -0.123. The van der Waals surface area contributed by atoms with Crippen LogP contribution in [0.4, 0.5) is 24.5 Å². The molecule has 0 aliphatic heterocycles. The fraction of sp³-hybridized carbons (Fsp3) is 0.176. The van der Waals surface area contributed by atoms with Crippen LogP contribution in [0.5, 0.6) is 0 Å². The first-order chi connectivity index (χ1) is 11.4. The number of anilines is 2. The summed E-state index contributed by atoms with van der Waals surface area (Å²) in [5.41, 5.74) is 1.09. The molecular weight excluding hydrogens is 321 g/mol. The molecule has 4 nitrogen and oxygen atoms in total. The standard InChI is InChI=1S/C17H15F3N2O2/c1-2-10-3-5-11(6-4-10)21-14(23)9-15(24)22-13-8-7-12(18)16(19)17(13)20/h3-8H,2,9H2,1H3,(H,21,23)(H,22,24). The van der Waals surface area contributed by atoms with Crippen LogP contribution in [0.2, 0.25) is 0 Å². The van der Waals surface area contributed by atoms with E-state index in [9.17, 15) is 22.8 Å². The second-order valence-corrected chi connectivity index (χ2v) is 5.05. The lowest BCUT2D eigenvalue weighted by atomic mass is 10.1. The minimum Gasteiger partial charge on any atom is -0.326 e. The Balaban J connectivity index is 1.94. The van der Waals surface area contributed by atoms with Gasteiger partial charge in [-0.3, -0.25) is 9.59 Å². The number of hydrogen-bond acceptors (Lipinski definition) is 2. The molecule has 2 aromatic rings. The van der Waals surface area contributed by atoms with Gasteiger partial charge in [0.05, 0.1) is 5.69 Å². The second kappa shape index (κ2) is 7.63. The number of aryl methyl sites for hydroxylation is 1. The molecule has 0 spiro atoms. The molecule has 2 amide bonds. The zero-order valence-electron chi connectivity index (χ0n) is 12.8. The topological polar surface area (TPSA) is 58.2 Å². The van der Waals surface area contributed by atoms with E-state index < -0.39 is 41.4 Å². The van der Waals surface area contributed by atoms with Gasteiger partial charge in [0.25, 0.3) is 0 Å². The summed E-state index contributed by atoms with van der Waals surface area (Å²) >= 11 is 0. The van der Waals surface area contributed by atoms with E-state index in [1.54, 1.807) is 12.1 Å². The lowest BCUT2D eigenvalue weighted by Gasteiger charge is -2.08. The lowest BCUT2D eigenvalue weighted by Crippen LogP contribution is -2.22. The Morgan fingerprint density at radius 1 is 0.875 bits per heavy atom. The Hall–Kier alpha value is -2.83. The van der Waals surface area contributed by atoms with Crippen molar-refractivity contribution < 1.29 is 22.8 Å². The third-order valence-corrected chi connectivity index (χ3v) is 3.28. The van der Waals surface area contributed by atoms with Gasteiger partial charge in [-0.25, -0.2) is 13.2 Å². The zero-order valence-corrected chi connectivity index (χ0v) is 12.8. The molecule has 0 saturated heterocycles. The quantitative estimate of drug-likeness (QED) is 0.647. The van der Waals surface area contributed by atoms with Crippen molar-refractivity contribution in [2.75, 3.05) is 10.6 Å². The van der Waals surface area contributed by atoms with E-state index >= 15 is 0 Å². The van der Waals surface area contributed by atoms with E-state index in [4.69, 9.17) is 0 Å². The molecule has 0 atom stereocenters. The van der Waals surface area contributed by atoms with Crippen molar-refractivity contribution in [2.45, 2.75) is 19.8 Å². The van der Waals surface area contributed by atoms with Crippen LogP contribution in [0.3, 0.4) is 0 Å².